The number of hydrogen-bond donors (Lipinski definition) is 1. The molecule has 1 atom stereocenters. The fraction of sp³-hybridized carbons (Fsp3) is 0.316. The molecule has 0 radical (unpaired) electrons. The van der Waals surface area contributed by atoms with Crippen molar-refractivity contribution < 1.29 is 14.3 Å². The maximum atomic E-state index is 12.8. The van der Waals surface area contributed by atoms with Crippen molar-refractivity contribution in [1.82, 2.24) is 5.32 Å². The summed E-state index contributed by atoms with van der Waals surface area (Å²) in [7, 11) is 0. The highest BCUT2D eigenvalue weighted by Gasteiger charge is 2.51. The summed E-state index contributed by atoms with van der Waals surface area (Å²) >= 11 is 0. The Morgan fingerprint density at radius 3 is 2.57 bits per heavy atom. The summed E-state index contributed by atoms with van der Waals surface area (Å²) in [4.78, 5) is 12.8. The number of carbonyl (C=O) groups excluding carboxylic acids is 1. The van der Waals surface area contributed by atoms with E-state index in [4.69, 9.17) is 9.47 Å². The van der Waals surface area contributed by atoms with Crippen molar-refractivity contribution in [3.8, 4) is 11.5 Å². The summed E-state index contributed by atoms with van der Waals surface area (Å²) in [5, 5.41) is 3.15. The molecule has 118 valence electrons. The standard InChI is InChI=1S/C19H19NO3/c1-13(14-5-3-2-4-6-14)20-18(21)19(9-10-19)15-7-8-16-17(11-15)23-12-22-16/h2-8,11,13H,9-10,12H2,1H3,(H,20,21). The Hall–Kier alpha value is -2.49. The molecule has 2 aromatic carbocycles. The van der Waals surface area contributed by atoms with E-state index in [-0.39, 0.29) is 18.7 Å². The van der Waals surface area contributed by atoms with E-state index in [2.05, 4.69) is 5.32 Å². The lowest BCUT2D eigenvalue weighted by Gasteiger charge is -2.20. The first-order valence-electron chi connectivity index (χ1n) is 7.95. The van der Waals surface area contributed by atoms with E-state index in [9.17, 15) is 4.79 Å². The lowest BCUT2D eigenvalue weighted by Crippen LogP contribution is -2.36. The lowest BCUT2D eigenvalue weighted by atomic mass is 9.94. The minimum absolute atomic E-state index is 0.00446. The predicted octanol–water partition coefficient (Wildman–Crippen LogP) is 3.32. The molecule has 4 heteroatoms. The molecule has 23 heavy (non-hydrogen) atoms. The van der Waals surface area contributed by atoms with Crippen LogP contribution in [0, 0.1) is 0 Å². The fourth-order valence-electron chi connectivity index (χ4n) is 3.13. The summed E-state index contributed by atoms with van der Waals surface area (Å²) < 4.78 is 10.8. The summed E-state index contributed by atoms with van der Waals surface area (Å²) in [6, 6.07) is 15.8. The number of ether oxygens (including phenoxy) is 2. The van der Waals surface area contributed by atoms with Gasteiger partial charge in [0, 0.05) is 0 Å². The molecule has 1 N–H and O–H groups in total. The van der Waals surface area contributed by atoms with E-state index in [1.165, 1.54) is 0 Å². The van der Waals surface area contributed by atoms with E-state index in [1.807, 2.05) is 55.5 Å². The summed E-state index contributed by atoms with van der Waals surface area (Å²) in [5.74, 6) is 1.58. The number of amides is 1. The number of fused-ring (bicyclic) bond motifs is 1. The van der Waals surface area contributed by atoms with Crippen LogP contribution in [-0.2, 0) is 10.2 Å². The molecule has 2 aliphatic rings. The van der Waals surface area contributed by atoms with Gasteiger partial charge in [-0.3, -0.25) is 4.79 Å². The van der Waals surface area contributed by atoms with Crippen molar-refractivity contribution in [2.45, 2.75) is 31.2 Å². The van der Waals surface area contributed by atoms with Crippen molar-refractivity contribution in [2.24, 2.45) is 0 Å². The smallest absolute Gasteiger partial charge is 0.231 e. The Labute approximate surface area is 135 Å². The number of nitrogens with one attached hydrogen (secondary N) is 1. The zero-order valence-corrected chi connectivity index (χ0v) is 13.0. The predicted molar refractivity (Wildman–Crippen MR) is 86.5 cm³/mol. The van der Waals surface area contributed by atoms with E-state index in [0.29, 0.717) is 0 Å². The largest absolute Gasteiger partial charge is 0.454 e. The second-order valence-electron chi connectivity index (χ2n) is 6.26. The molecule has 1 heterocycles. The molecule has 0 saturated heterocycles. The van der Waals surface area contributed by atoms with Crippen LogP contribution in [0.4, 0.5) is 0 Å². The molecule has 1 aliphatic carbocycles. The second kappa shape index (κ2) is 5.30. The zero-order chi connectivity index (χ0) is 15.9. The molecule has 4 nitrogen and oxygen atoms in total. The summed E-state index contributed by atoms with van der Waals surface area (Å²) in [6.45, 7) is 2.27. The van der Waals surface area contributed by atoms with Crippen LogP contribution >= 0.6 is 0 Å². The SMILES string of the molecule is CC(NC(=O)C1(c2ccc3c(c2)OCO3)CC1)c1ccccc1. The zero-order valence-electron chi connectivity index (χ0n) is 13.0. The minimum atomic E-state index is -0.413. The molecule has 1 saturated carbocycles. The van der Waals surface area contributed by atoms with Gasteiger partial charge < -0.3 is 14.8 Å². The summed E-state index contributed by atoms with van der Waals surface area (Å²) in [6.07, 6.45) is 1.75. The number of hydrogen-bond acceptors (Lipinski definition) is 3. The number of rotatable bonds is 4. The maximum absolute atomic E-state index is 12.8. The van der Waals surface area contributed by atoms with Gasteiger partial charge in [-0.25, -0.2) is 0 Å². The van der Waals surface area contributed by atoms with Gasteiger partial charge in [-0.15, -0.1) is 0 Å². The average molecular weight is 309 g/mol. The molecule has 0 aromatic heterocycles. The minimum Gasteiger partial charge on any atom is -0.454 e. The van der Waals surface area contributed by atoms with Gasteiger partial charge in [0.2, 0.25) is 12.7 Å². The van der Waals surface area contributed by atoms with Gasteiger partial charge in [-0.2, -0.15) is 0 Å². The third-order valence-corrected chi connectivity index (χ3v) is 4.76. The quantitative estimate of drug-likeness (QED) is 0.942. The van der Waals surface area contributed by atoms with Crippen LogP contribution in [0.5, 0.6) is 11.5 Å². The molecular weight excluding hydrogens is 290 g/mol. The molecule has 1 fully saturated rings. The van der Waals surface area contributed by atoms with E-state index < -0.39 is 5.41 Å². The van der Waals surface area contributed by atoms with Crippen LogP contribution in [0.1, 0.15) is 36.9 Å². The van der Waals surface area contributed by atoms with Crippen molar-refractivity contribution in [3.63, 3.8) is 0 Å². The molecule has 1 aliphatic heterocycles. The van der Waals surface area contributed by atoms with Gasteiger partial charge in [0.05, 0.1) is 11.5 Å². The molecule has 2 aromatic rings. The van der Waals surface area contributed by atoms with Gasteiger partial charge in [-0.05, 0) is 43.0 Å². The Morgan fingerprint density at radius 2 is 1.83 bits per heavy atom. The molecule has 4 rings (SSSR count). The highest BCUT2D eigenvalue weighted by Crippen LogP contribution is 2.50. The van der Waals surface area contributed by atoms with Gasteiger partial charge >= 0.3 is 0 Å². The first-order chi connectivity index (χ1) is 11.2. The van der Waals surface area contributed by atoms with Gasteiger partial charge in [-0.1, -0.05) is 36.4 Å². The van der Waals surface area contributed by atoms with Gasteiger partial charge in [0.15, 0.2) is 11.5 Å². The third kappa shape index (κ3) is 2.44. The molecule has 0 spiro atoms. The first-order valence-corrected chi connectivity index (χ1v) is 7.95. The Morgan fingerprint density at radius 1 is 1.09 bits per heavy atom. The second-order valence-corrected chi connectivity index (χ2v) is 6.26. The molecule has 1 unspecified atom stereocenters. The number of carbonyl (C=O) groups is 1. The van der Waals surface area contributed by atoms with Crippen LogP contribution in [0.25, 0.3) is 0 Å². The van der Waals surface area contributed by atoms with Gasteiger partial charge in [0.25, 0.3) is 0 Å². The van der Waals surface area contributed by atoms with Crippen LogP contribution in [0.2, 0.25) is 0 Å². The van der Waals surface area contributed by atoms with E-state index in [1.54, 1.807) is 0 Å². The van der Waals surface area contributed by atoms with Crippen LogP contribution in [0.3, 0.4) is 0 Å². The molecule has 1 amide bonds. The van der Waals surface area contributed by atoms with Crippen molar-refractivity contribution in [2.75, 3.05) is 6.79 Å². The normalized spacial score (nSPS) is 18.3. The molecular formula is C19H19NO3. The Kier molecular flexibility index (Phi) is 3.26. The van der Waals surface area contributed by atoms with Crippen LogP contribution < -0.4 is 14.8 Å². The lowest BCUT2D eigenvalue weighted by molar-refractivity contribution is -0.124. The first kappa shape index (κ1) is 14.1. The number of benzene rings is 2. The summed E-state index contributed by atoms with van der Waals surface area (Å²) in [5.41, 5.74) is 1.71. The Balaban J connectivity index is 1.54. The Bertz CT molecular complexity index is 738. The topological polar surface area (TPSA) is 47.6 Å². The third-order valence-electron chi connectivity index (χ3n) is 4.76. The van der Waals surface area contributed by atoms with Crippen molar-refractivity contribution >= 4 is 5.91 Å². The monoisotopic (exact) mass is 309 g/mol. The van der Waals surface area contributed by atoms with E-state index >= 15 is 0 Å². The molecule has 0 bridgehead atoms. The fourth-order valence-corrected chi connectivity index (χ4v) is 3.13. The van der Waals surface area contributed by atoms with Crippen molar-refractivity contribution in [3.05, 3.63) is 59.7 Å². The van der Waals surface area contributed by atoms with E-state index in [0.717, 1.165) is 35.5 Å². The highest BCUT2D eigenvalue weighted by molar-refractivity contribution is 5.91. The van der Waals surface area contributed by atoms with Crippen molar-refractivity contribution in [1.29, 1.82) is 0 Å². The van der Waals surface area contributed by atoms with Crippen LogP contribution in [-0.4, -0.2) is 12.7 Å². The van der Waals surface area contributed by atoms with Crippen LogP contribution in [0.15, 0.2) is 48.5 Å². The highest BCUT2D eigenvalue weighted by atomic mass is 16.7. The average Bonchev–Trinajstić information content (AvgIpc) is 3.27. The maximum Gasteiger partial charge on any atom is 0.231 e. The van der Waals surface area contributed by atoms with Gasteiger partial charge in [0.1, 0.15) is 0 Å².